The van der Waals surface area contributed by atoms with Crippen molar-refractivity contribution < 1.29 is 14.5 Å². The predicted octanol–water partition coefficient (Wildman–Crippen LogP) is 1.95. The number of nitro groups is 1. The first-order valence-corrected chi connectivity index (χ1v) is 6.47. The minimum atomic E-state index is -0.467. The van der Waals surface area contributed by atoms with Crippen LogP contribution in [0.4, 0.5) is 5.69 Å². The maximum absolute atomic E-state index is 12.3. The lowest BCUT2D eigenvalue weighted by molar-refractivity contribution is -0.385. The number of nitro benzene ring substituents is 1. The van der Waals surface area contributed by atoms with Crippen molar-refractivity contribution in [2.45, 2.75) is 20.3 Å². The zero-order valence-corrected chi connectivity index (χ0v) is 11.5. The molecule has 1 unspecified atom stereocenters. The topological polar surface area (TPSA) is 80.5 Å². The molecule has 1 aromatic carbocycles. The molecular weight excluding hydrogens is 260 g/mol. The molecule has 1 heterocycles. The van der Waals surface area contributed by atoms with Crippen LogP contribution in [0.2, 0.25) is 0 Å². The van der Waals surface area contributed by atoms with E-state index >= 15 is 0 Å². The maximum atomic E-state index is 12.3. The molecule has 0 N–H and O–H groups in total. The molecule has 0 bridgehead atoms. The van der Waals surface area contributed by atoms with Gasteiger partial charge in [0.1, 0.15) is 5.78 Å². The monoisotopic (exact) mass is 276 g/mol. The fraction of sp³-hybridized carbons (Fsp3) is 0.429. The number of nitrogens with zero attached hydrogens (tertiary/aromatic N) is 2. The summed E-state index contributed by atoms with van der Waals surface area (Å²) in [5.41, 5.74) is 0.889. The number of likely N-dealkylation sites (tertiary alicyclic amines) is 1. The lowest BCUT2D eigenvalue weighted by atomic mass is 9.97. The number of hydrogen-bond acceptors (Lipinski definition) is 4. The van der Waals surface area contributed by atoms with E-state index in [9.17, 15) is 19.7 Å². The normalized spacial score (nSPS) is 19.0. The molecule has 1 fully saturated rings. The van der Waals surface area contributed by atoms with Gasteiger partial charge in [-0.25, -0.2) is 0 Å². The molecule has 1 aromatic rings. The summed E-state index contributed by atoms with van der Waals surface area (Å²) in [6.07, 6.45) is 0.374. The van der Waals surface area contributed by atoms with Gasteiger partial charge in [0, 0.05) is 42.6 Å². The molecule has 0 aromatic heterocycles. The number of carbonyl (C=O) groups excluding carboxylic acids is 2. The summed E-state index contributed by atoms with van der Waals surface area (Å²) in [6, 6.07) is 4.34. The highest BCUT2D eigenvalue weighted by atomic mass is 16.6. The summed E-state index contributed by atoms with van der Waals surface area (Å²) in [6.45, 7) is 4.24. The largest absolute Gasteiger partial charge is 0.337 e. The van der Waals surface area contributed by atoms with E-state index in [2.05, 4.69) is 0 Å². The third-order valence-corrected chi connectivity index (χ3v) is 3.60. The Morgan fingerprint density at radius 1 is 1.45 bits per heavy atom. The summed E-state index contributed by atoms with van der Waals surface area (Å²) < 4.78 is 0. The van der Waals surface area contributed by atoms with Crippen LogP contribution in [0.3, 0.4) is 0 Å². The van der Waals surface area contributed by atoms with E-state index in [0.29, 0.717) is 30.6 Å². The van der Waals surface area contributed by atoms with Crippen LogP contribution >= 0.6 is 0 Å². The van der Waals surface area contributed by atoms with Gasteiger partial charge in [-0.3, -0.25) is 19.7 Å². The smallest absolute Gasteiger partial charge is 0.272 e. The lowest BCUT2D eigenvalue weighted by Gasteiger charge is -2.30. The van der Waals surface area contributed by atoms with Crippen molar-refractivity contribution in [3.05, 3.63) is 39.4 Å². The van der Waals surface area contributed by atoms with Crippen molar-refractivity contribution in [2.75, 3.05) is 13.1 Å². The fourth-order valence-corrected chi connectivity index (χ4v) is 2.38. The maximum Gasteiger partial charge on any atom is 0.272 e. The summed E-state index contributed by atoms with van der Waals surface area (Å²) in [5, 5.41) is 10.8. The minimum Gasteiger partial charge on any atom is -0.337 e. The molecule has 106 valence electrons. The van der Waals surface area contributed by atoms with E-state index in [-0.39, 0.29) is 23.3 Å². The quantitative estimate of drug-likeness (QED) is 0.610. The Labute approximate surface area is 116 Å². The standard InChI is InChI=1S/C14H16N2O4/c1-9-7-11(3-4-12(9)16(19)20)14(18)15-6-5-13(17)10(2)8-15/h3-4,7,10H,5-6,8H2,1-2H3. The average molecular weight is 276 g/mol. The van der Waals surface area contributed by atoms with E-state index in [0.717, 1.165) is 0 Å². The number of ketones is 1. The first-order valence-electron chi connectivity index (χ1n) is 6.47. The fourth-order valence-electron chi connectivity index (χ4n) is 2.38. The summed E-state index contributed by atoms with van der Waals surface area (Å²) in [4.78, 5) is 35.7. The van der Waals surface area contributed by atoms with E-state index in [1.165, 1.54) is 18.2 Å². The zero-order valence-electron chi connectivity index (χ0n) is 11.5. The lowest BCUT2D eigenvalue weighted by Crippen LogP contribution is -2.43. The molecule has 0 aliphatic carbocycles. The van der Waals surface area contributed by atoms with Gasteiger partial charge in [0.05, 0.1) is 4.92 Å². The second-order valence-electron chi connectivity index (χ2n) is 5.13. The van der Waals surface area contributed by atoms with Crippen LogP contribution in [0, 0.1) is 23.0 Å². The molecule has 6 nitrogen and oxygen atoms in total. The average Bonchev–Trinajstić information content (AvgIpc) is 2.40. The molecule has 0 radical (unpaired) electrons. The van der Waals surface area contributed by atoms with Crippen LogP contribution in [0.15, 0.2) is 18.2 Å². The second-order valence-corrected chi connectivity index (χ2v) is 5.13. The Hall–Kier alpha value is -2.24. The number of aryl methyl sites for hydroxylation is 1. The summed E-state index contributed by atoms with van der Waals surface area (Å²) in [5.74, 6) is -0.150. The molecule has 6 heteroatoms. The Morgan fingerprint density at radius 3 is 2.70 bits per heavy atom. The van der Waals surface area contributed by atoms with Crippen molar-refractivity contribution in [1.82, 2.24) is 4.90 Å². The van der Waals surface area contributed by atoms with Gasteiger partial charge in [0.2, 0.25) is 0 Å². The molecule has 20 heavy (non-hydrogen) atoms. The Bertz CT molecular complexity index is 583. The van der Waals surface area contributed by atoms with Gasteiger partial charge in [-0.2, -0.15) is 0 Å². The molecule has 0 spiro atoms. The summed E-state index contributed by atoms with van der Waals surface area (Å²) in [7, 11) is 0. The molecule has 1 atom stereocenters. The first kappa shape index (κ1) is 14.2. The molecule has 1 aliphatic heterocycles. The molecule has 1 amide bonds. The van der Waals surface area contributed by atoms with Gasteiger partial charge in [0.15, 0.2) is 0 Å². The number of Topliss-reactive ketones (excluding diaryl/α,β-unsaturated/α-hetero) is 1. The third kappa shape index (κ3) is 2.68. The number of carbonyl (C=O) groups is 2. The summed E-state index contributed by atoms with van der Waals surface area (Å²) >= 11 is 0. The van der Waals surface area contributed by atoms with Gasteiger partial charge in [-0.1, -0.05) is 6.92 Å². The highest BCUT2D eigenvalue weighted by Crippen LogP contribution is 2.21. The van der Waals surface area contributed by atoms with E-state index in [1.807, 2.05) is 6.92 Å². The van der Waals surface area contributed by atoms with Crippen molar-refractivity contribution in [1.29, 1.82) is 0 Å². The first-order chi connectivity index (χ1) is 9.40. The van der Waals surface area contributed by atoms with Crippen molar-refractivity contribution in [2.24, 2.45) is 5.92 Å². The van der Waals surface area contributed by atoms with Crippen LogP contribution < -0.4 is 0 Å². The number of piperidine rings is 1. The van der Waals surface area contributed by atoms with Crippen molar-refractivity contribution in [3.8, 4) is 0 Å². The highest BCUT2D eigenvalue weighted by molar-refractivity contribution is 5.96. The highest BCUT2D eigenvalue weighted by Gasteiger charge is 2.27. The van der Waals surface area contributed by atoms with Crippen molar-refractivity contribution >= 4 is 17.4 Å². The van der Waals surface area contributed by atoms with Gasteiger partial charge in [-0.05, 0) is 19.1 Å². The Balaban J connectivity index is 2.19. The number of hydrogen-bond donors (Lipinski definition) is 0. The van der Waals surface area contributed by atoms with E-state index in [4.69, 9.17) is 0 Å². The molecule has 1 saturated heterocycles. The number of benzene rings is 1. The molecule has 1 aliphatic rings. The Kier molecular flexibility index (Phi) is 3.83. The van der Waals surface area contributed by atoms with Crippen LogP contribution in [0.5, 0.6) is 0 Å². The van der Waals surface area contributed by atoms with Gasteiger partial charge in [0.25, 0.3) is 11.6 Å². The zero-order chi connectivity index (χ0) is 14.9. The minimum absolute atomic E-state index is 0.00346. The van der Waals surface area contributed by atoms with Crippen LogP contribution in [-0.2, 0) is 4.79 Å². The molecule has 0 saturated carbocycles. The van der Waals surface area contributed by atoms with Gasteiger partial charge < -0.3 is 4.90 Å². The van der Waals surface area contributed by atoms with E-state index in [1.54, 1.807) is 11.8 Å². The molecular formula is C14H16N2O4. The van der Waals surface area contributed by atoms with Crippen LogP contribution in [-0.4, -0.2) is 34.6 Å². The van der Waals surface area contributed by atoms with Crippen LogP contribution in [0.1, 0.15) is 29.3 Å². The van der Waals surface area contributed by atoms with Gasteiger partial charge in [-0.15, -0.1) is 0 Å². The molecule has 2 rings (SSSR count). The number of amides is 1. The third-order valence-electron chi connectivity index (χ3n) is 3.60. The second kappa shape index (κ2) is 5.40. The van der Waals surface area contributed by atoms with Gasteiger partial charge >= 0.3 is 0 Å². The Morgan fingerprint density at radius 2 is 2.15 bits per heavy atom. The number of rotatable bonds is 2. The predicted molar refractivity (Wildman–Crippen MR) is 72.5 cm³/mol. The van der Waals surface area contributed by atoms with Crippen molar-refractivity contribution in [3.63, 3.8) is 0 Å². The van der Waals surface area contributed by atoms with Crippen LogP contribution in [0.25, 0.3) is 0 Å². The van der Waals surface area contributed by atoms with E-state index < -0.39 is 4.92 Å². The SMILES string of the molecule is Cc1cc(C(=O)N2CCC(=O)C(C)C2)ccc1[N+](=O)[O-].